The third-order valence-corrected chi connectivity index (χ3v) is 3.07. The quantitative estimate of drug-likeness (QED) is 0.295. The zero-order chi connectivity index (χ0) is 18.8. The lowest BCUT2D eigenvalue weighted by Crippen LogP contribution is -2.39. The molecule has 1 fully saturated rings. The van der Waals surface area contributed by atoms with Crippen molar-refractivity contribution < 1.29 is 29.1 Å². The second-order valence-corrected chi connectivity index (χ2v) is 6.41. The lowest BCUT2D eigenvalue weighted by Gasteiger charge is -2.29. The van der Waals surface area contributed by atoms with Crippen LogP contribution < -0.4 is 11.2 Å². The van der Waals surface area contributed by atoms with Crippen LogP contribution in [-0.4, -0.2) is 53.0 Å². The third kappa shape index (κ3) is 9.78. The number of nitrogens with zero attached hydrogens (tertiary/aromatic N) is 1. The molecule has 1 saturated heterocycles. The number of carbonyl (C=O) groups is 4. The summed E-state index contributed by atoms with van der Waals surface area (Å²) in [6.45, 7) is 7.41. The van der Waals surface area contributed by atoms with Crippen molar-refractivity contribution in [2.45, 2.75) is 52.1 Å². The van der Waals surface area contributed by atoms with E-state index in [9.17, 15) is 19.2 Å². The van der Waals surface area contributed by atoms with Crippen LogP contribution in [-0.2, 0) is 19.1 Å². The molecule has 3 amide bonds. The van der Waals surface area contributed by atoms with Crippen LogP contribution in [0.3, 0.4) is 0 Å². The molecule has 9 heteroatoms. The minimum atomic E-state index is -1.16. The molecule has 0 aliphatic carbocycles. The summed E-state index contributed by atoms with van der Waals surface area (Å²) < 4.78 is 5.26. The van der Waals surface area contributed by atoms with Gasteiger partial charge in [0.25, 0.3) is 0 Å². The van der Waals surface area contributed by atoms with Crippen LogP contribution in [0.15, 0.2) is 0 Å². The largest absolute Gasteiger partial charge is 0.444 e. The van der Waals surface area contributed by atoms with Gasteiger partial charge in [-0.2, -0.15) is 0 Å². The van der Waals surface area contributed by atoms with Gasteiger partial charge >= 0.3 is 6.09 Å². The van der Waals surface area contributed by atoms with Gasteiger partial charge in [0.1, 0.15) is 17.8 Å². The molecule has 1 aliphatic rings. The van der Waals surface area contributed by atoms with Crippen molar-refractivity contribution >= 4 is 24.2 Å². The number of aldehydes is 1. The Bertz CT molecular complexity index is 441. The molecule has 0 spiro atoms. The molecule has 1 rings (SSSR count). The van der Waals surface area contributed by atoms with E-state index in [-0.39, 0.29) is 18.0 Å². The van der Waals surface area contributed by atoms with Gasteiger partial charge in [-0.05, 0) is 40.0 Å². The maximum atomic E-state index is 11.5. The van der Waals surface area contributed by atoms with E-state index in [0.29, 0.717) is 0 Å². The molecule has 0 aromatic heterocycles. The Labute approximate surface area is 141 Å². The number of piperidine rings is 1. The van der Waals surface area contributed by atoms with Crippen molar-refractivity contribution in [3.63, 3.8) is 0 Å². The number of hydrogen-bond acceptors (Lipinski definition) is 6. The Morgan fingerprint density at radius 2 is 1.79 bits per heavy atom. The number of primary amides is 1. The first-order valence-corrected chi connectivity index (χ1v) is 7.76. The predicted molar refractivity (Wildman–Crippen MR) is 85.0 cm³/mol. The van der Waals surface area contributed by atoms with E-state index in [1.165, 1.54) is 11.9 Å². The Balaban J connectivity index is 0.000000449. The van der Waals surface area contributed by atoms with Crippen molar-refractivity contribution in [3.05, 3.63) is 0 Å². The van der Waals surface area contributed by atoms with Crippen LogP contribution in [0, 0.1) is 5.92 Å². The number of nitrogens with two attached hydrogens (primary N) is 1. The summed E-state index contributed by atoms with van der Waals surface area (Å²) in [7, 11) is 0. The summed E-state index contributed by atoms with van der Waals surface area (Å²) in [5.74, 6) is -2.87. The molecule has 4 N–H and O–H groups in total. The number of hydrogen-bond donors (Lipinski definition) is 3. The van der Waals surface area contributed by atoms with Crippen LogP contribution in [0.5, 0.6) is 0 Å². The third-order valence-electron chi connectivity index (χ3n) is 3.07. The highest BCUT2D eigenvalue weighted by atomic mass is 16.6. The Hall–Kier alpha value is -2.16. The normalized spacial score (nSPS) is 15.4. The van der Waals surface area contributed by atoms with Crippen LogP contribution in [0.1, 0.15) is 46.5 Å². The van der Waals surface area contributed by atoms with Gasteiger partial charge in [-0.25, -0.2) is 10.3 Å². The standard InChI is InChI=1S/C10H19NO2.C5H8N2O4/c1-10(2,3)13-9(12)11-7-5-4-6-8-11;6-5(10)3(2-8)1-4(9)7-11/h4-8H2,1-3H3;2-3,11H,1H2,(H2,6,10)(H,7,9). The van der Waals surface area contributed by atoms with E-state index in [2.05, 4.69) is 0 Å². The van der Waals surface area contributed by atoms with E-state index in [0.717, 1.165) is 25.9 Å². The molecule has 1 aliphatic heterocycles. The van der Waals surface area contributed by atoms with Gasteiger partial charge in [-0.15, -0.1) is 0 Å². The smallest absolute Gasteiger partial charge is 0.410 e. The van der Waals surface area contributed by atoms with E-state index < -0.39 is 24.2 Å². The summed E-state index contributed by atoms with van der Waals surface area (Å²) in [4.78, 5) is 44.0. The van der Waals surface area contributed by atoms with Crippen LogP contribution >= 0.6 is 0 Å². The summed E-state index contributed by atoms with van der Waals surface area (Å²) >= 11 is 0. The van der Waals surface area contributed by atoms with E-state index in [1.54, 1.807) is 4.90 Å². The fourth-order valence-corrected chi connectivity index (χ4v) is 1.86. The Kier molecular flexibility index (Phi) is 9.63. The van der Waals surface area contributed by atoms with Gasteiger partial charge in [0.2, 0.25) is 11.8 Å². The molecule has 0 bridgehead atoms. The summed E-state index contributed by atoms with van der Waals surface area (Å²) in [5, 5.41) is 7.99. The molecule has 9 nitrogen and oxygen atoms in total. The van der Waals surface area contributed by atoms with Crippen LogP contribution in [0.25, 0.3) is 0 Å². The minimum Gasteiger partial charge on any atom is -0.444 e. The first-order chi connectivity index (χ1) is 11.1. The topological polar surface area (TPSA) is 139 Å². The molecule has 24 heavy (non-hydrogen) atoms. The zero-order valence-electron chi connectivity index (χ0n) is 14.4. The average Bonchev–Trinajstić information content (AvgIpc) is 2.51. The maximum absolute atomic E-state index is 11.5. The number of likely N-dealkylation sites (tertiary alicyclic amines) is 1. The van der Waals surface area contributed by atoms with E-state index in [4.69, 9.17) is 15.7 Å². The molecule has 1 unspecified atom stereocenters. The molecular formula is C15H27N3O6. The highest BCUT2D eigenvalue weighted by molar-refractivity contribution is 5.94. The maximum Gasteiger partial charge on any atom is 0.410 e. The average molecular weight is 345 g/mol. The van der Waals surface area contributed by atoms with Crippen molar-refractivity contribution in [3.8, 4) is 0 Å². The van der Waals surface area contributed by atoms with Crippen molar-refractivity contribution in [1.29, 1.82) is 0 Å². The summed E-state index contributed by atoms with van der Waals surface area (Å²) in [6.07, 6.45) is 3.14. The van der Waals surface area contributed by atoms with Gasteiger partial charge in [0.05, 0.1) is 0 Å². The number of ether oxygens (including phenoxy) is 1. The summed E-state index contributed by atoms with van der Waals surface area (Å²) in [5.41, 5.74) is 5.63. The van der Waals surface area contributed by atoms with Gasteiger partial charge < -0.3 is 20.2 Å². The lowest BCUT2D eigenvalue weighted by molar-refractivity contribution is -0.136. The highest BCUT2D eigenvalue weighted by Crippen LogP contribution is 2.14. The molecule has 138 valence electrons. The number of rotatable bonds is 4. The Morgan fingerprint density at radius 1 is 1.25 bits per heavy atom. The molecule has 1 atom stereocenters. The second kappa shape index (κ2) is 10.6. The summed E-state index contributed by atoms with van der Waals surface area (Å²) in [6, 6.07) is 0. The SMILES string of the molecule is CC(C)(C)OC(=O)N1CCCCC1.NC(=O)C(C=O)CC(=O)NO. The fourth-order valence-electron chi connectivity index (χ4n) is 1.86. The van der Waals surface area contributed by atoms with Crippen molar-refractivity contribution in [2.75, 3.05) is 13.1 Å². The molecule has 0 aromatic rings. The first-order valence-electron chi connectivity index (χ1n) is 7.76. The Morgan fingerprint density at radius 3 is 2.17 bits per heavy atom. The van der Waals surface area contributed by atoms with E-state index >= 15 is 0 Å². The number of nitrogens with one attached hydrogen (secondary N) is 1. The monoisotopic (exact) mass is 345 g/mol. The highest BCUT2D eigenvalue weighted by Gasteiger charge is 2.23. The first kappa shape index (κ1) is 21.8. The van der Waals surface area contributed by atoms with Crippen molar-refractivity contribution in [2.24, 2.45) is 11.7 Å². The molecule has 0 saturated carbocycles. The second-order valence-electron chi connectivity index (χ2n) is 6.41. The van der Waals surface area contributed by atoms with Gasteiger partial charge in [-0.1, -0.05) is 0 Å². The van der Waals surface area contributed by atoms with Gasteiger partial charge in [0.15, 0.2) is 0 Å². The molecule has 1 heterocycles. The number of carbonyl (C=O) groups excluding carboxylic acids is 4. The number of amides is 3. The molecule has 0 radical (unpaired) electrons. The van der Waals surface area contributed by atoms with Gasteiger partial charge in [-0.3, -0.25) is 14.8 Å². The number of hydroxylamine groups is 1. The predicted octanol–water partition coefficient (Wildman–Crippen LogP) is 0.590. The van der Waals surface area contributed by atoms with Gasteiger partial charge in [0, 0.05) is 19.5 Å². The lowest BCUT2D eigenvalue weighted by atomic mass is 10.1. The van der Waals surface area contributed by atoms with E-state index in [1.807, 2.05) is 20.8 Å². The fraction of sp³-hybridized carbons (Fsp3) is 0.733. The molecular weight excluding hydrogens is 318 g/mol. The van der Waals surface area contributed by atoms with Crippen LogP contribution in [0.4, 0.5) is 4.79 Å². The van der Waals surface area contributed by atoms with Crippen LogP contribution in [0.2, 0.25) is 0 Å². The van der Waals surface area contributed by atoms with Crippen molar-refractivity contribution in [1.82, 2.24) is 10.4 Å². The minimum absolute atomic E-state index is 0.160. The zero-order valence-corrected chi connectivity index (χ0v) is 14.4. The molecule has 0 aromatic carbocycles.